The summed E-state index contributed by atoms with van der Waals surface area (Å²) in [6.07, 6.45) is 6.46. The van der Waals surface area contributed by atoms with Crippen LogP contribution in [0.5, 0.6) is 0 Å². The van der Waals surface area contributed by atoms with Crippen LogP contribution in [0.2, 0.25) is 0 Å². The predicted octanol–water partition coefficient (Wildman–Crippen LogP) is 4.27. The summed E-state index contributed by atoms with van der Waals surface area (Å²) in [5.41, 5.74) is -1.08. The Morgan fingerprint density at radius 1 is 0.940 bits per heavy atom. The third-order valence-electron chi connectivity index (χ3n) is 8.54. The Morgan fingerprint density at radius 2 is 1.52 bits per heavy atom. The van der Waals surface area contributed by atoms with E-state index in [-0.39, 0.29) is 10.9 Å². The number of aryl methyl sites for hydroxylation is 1. The Bertz CT molecular complexity index is 1690. The van der Waals surface area contributed by atoms with Crippen molar-refractivity contribution in [1.82, 2.24) is 24.8 Å². The van der Waals surface area contributed by atoms with E-state index in [2.05, 4.69) is 36.1 Å². The molecule has 0 radical (unpaired) electrons. The van der Waals surface area contributed by atoms with Gasteiger partial charge in [-0.2, -0.15) is 4.98 Å². The van der Waals surface area contributed by atoms with Gasteiger partial charge in [-0.25, -0.2) is 14.6 Å². The number of ether oxygens (including phenoxy) is 1. The van der Waals surface area contributed by atoms with Gasteiger partial charge < -0.3 is 29.7 Å². The first-order valence-corrected chi connectivity index (χ1v) is 18.2. The minimum atomic E-state index is -1.79. The molecule has 4 aromatic rings. The summed E-state index contributed by atoms with van der Waals surface area (Å²) in [6.45, 7) is 10.9. The monoisotopic (exact) mass is 750 g/mol. The molecular weight excluding hydrogens is 704 g/mol. The summed E-state index contributed by atoms with van der Waals surface area (Å²) in [7, 11) is 0. The van der Waals surface area contributed by atoms with E-state index in [1.54, 1.807) is 28.8 Å². The number of carboxylic acid groups (broad SMARTS) is 1. The van der Waals surface area contributed by atoms with E-state index in [1.807, 2.05) is 55.1 Å². The van der Waals surface area contributed by atoms with Crippen molar-refractivity contribution < 1.29 is 24.5 Å². The number of hydrogen-bond donors (Lipinski definition) is 3. The number of likely N-dealkylation sites (tertiary alicyclic amines) is 1. The van der Waals surface area contributed by atoms with Crippen molar-refractivity contribution in [2.24, 2.45) is 0 Å². The molecule has 4 heterocycles. The molecule has 0 amide bonds. The number of esters is 1. The average molecular weight is 752 g/mol. The highest BCUT2D eigenvalue weighted by molar-refractivity contribution is 9.09. The lowest BCUT2D eigenvalue weighted by Crippen LogP contribution is -2.44. The predicted molar refractivity (Wildman–Crippen MR) is 198 cm³/mol. The van der Waals surface area contributed by atoms with Gasteiger partial charge in [0.05, 0.1) is 5.39 Å². The van der Waals surface area contributed by atoms with Crippen molar-refractivity contribution in [3.8, 4) is 0 Å². The molecule has 2 aliphatic heterocycles. The molecule has 2 saturated heterocycles. The quantitative estimate of drug-likeness (QED) is 0.166. The van der Waals surface area contributed by atoms with Gasteiger partial charge in [-0.05, 0) is 44.0 Å². The maximum atomic E-state index is 12.8. The lowest BCUT2D eigenvalue weighted by atomic mass is 9.86. The summed E-state index contributed by atoms with van der Waals surface area (Å²) in [4.78, 5) is 49.3. The number of fused-ring (bicyclic) bond motifs is 1. The average Bonchev–Trinajstić information content (AvgIpc) is 3.16. The van der Waals surface area contributed by atoms with Crippen molar-refractivity contribution in [2.75, 3.05) is 62.7 Å². The molecule has 2 aromatic carbocycles. The first-order chi connectivity index (χ1) is 24.2. The van der Waals surface area contributed by atoms with E-state index in [0.29, 0.717) is 42.4 Å². The topological polar surface area (TPSA) is 150 Å². The Balaban J connectivity index is 0.000000210. The number of pyridine rings is 1. The number of carboxylic acids is 1. The van der Waals surface area contributed by atoms with Crippen molar-refractivity contribution in [2.45, 2.75) is 45.3 Å². The van der Waals surface area contributed by atoms with Gasteiger partial charge >= 0.3 is 11.9 Å². The Labute approximate surface area is 301 Å². The molecule has 2 aromatic heterocycles. The number of aromatic nitrogens is 3. The summed E-state index contributed by atoms with van der Waals surface area (Å²) >= 11 is 3.15. The molecule has 268 valence electrons. The molecule has 0 aliphatic carbocycles. The summed E-state index contributed by atoms with van der Waals surface area (Å²) in [5, 5.41) is 25.0. The van der Waals surface area contributed by atoms with Crippen molar-refractivity contribution in [1.29, 1.82) is 0 Å². The molecule has 2 aliphatic rings. The number of anilines is 1. The number of piperidine rings is 1. The molecular formula is C37H47BrN6O6. The zero-order chi connectivity index (χ0) is 35.9. The van der Waals surface area contributed by atoms with Gasteiger partial charge in [-0.15, -0.1) is 0 Å². The van der Waals surface area contributed by atoms with Crippen LogP contribution in [0.4, 0.5) is 5.95 Å². The van der Waals surface area contributed by atoms with Crippen LogP contribution in [0, 0.1) is 0 Å². The maximum absolute atomic E-state index is 12.8. The van der Waals surface area contributed by atoms with Crippen LogP contribution in [-0.2, 0) is 21.7 Å². The zero-order valence-electron chi connectivity index (χ0n) is 28.8. The van der Waals surface area contributed by atoms with E-state index in [9.17, 15) is 19.5 Å². The largest absolute Gasteiger partial charge is 0.477 e. The smallest absolute Gasteiger partial charge is 0.347 e. The highest BCUT2D eigenvalue weighted by Crippen LogP contribution is 2.31. The van der Waals surface area contributed by atoms with Gasteiger partial charge in [-0.3, -0.25) is 9.69 Å². The first-order valence-electron chi connectivity index (χ1n) is 17.1. The molecule has 0 spiro atoms. The normalized spacial score (nSPS) is 14.9. The number of benzene rings is 2. The number of halogens is 1. The Hall–Kier alpha value is -4.17. The maximum Gasteiger partial charge on any atom is 0.347 e. The number of carbonyl (C=O) groups excluding carboxylic acids is 1. The van der Waals surface area contributed by atoms with Crippen LogP contribution in [0.15, 0.2) is 77.9 Å². The van der Waals surface area contributed by atoms with Crippen LogP contribution in [0.3, 0.4) is 0 Å². The first kappa shape index (κ1) is 38.6. The third kappa shape index (κ3) is 9.75. The van der Waals surface area contributed by atoms with Gasteiger partial charge in [-0.1, -0.05) is 89.9 Å². The highest BCUT2D eigenvalue weighted by atomic mass is 79.9. The second-order valence-corrected chi connectivity index (χ2v) is 13.0. The number of nitrogens with zero attached hydrogens (tertiary/aromatic N) is 5. The second-order valence-electron chi connectivity index (χ2n) is 11.9. The Morgan fingerprint density at radius 3 is 2.06 bits per heavy atom. The van der Waals surface area contributed by atoms with Crippen molar-refractivity contribution in [3.63, 3.8) is 0 Å². The lowest BCUT2D eigenvalue weighted by Gasteiger charge is -2.29. The van der Waals surface area contributed by atoms with Gasteiger partial charge in [0.1, 0.15) is 17.8 Å². The molecule has 3 N–H and O–H groups in total. The molecule has 0 bridgehead atoms. The van der Waals surface area contributed by atoms with Gasteiger partial charge in [0.2, 0.25) is 17.0 Å². The van der Waals surface area contributed by atoms with Crippen LogP contribution in [0.25, 0.3) is 11.0 Å². The molecule has 12 nitrogen and oxygen atoms in total. The summed E-state index contributed by atoms with van der Waals surface area (Å²) in [5.74, 6) is -1.29. The standard InChI is InChI=1S/C21H25NO3.C14H17N5O3.C2H5Br/c23-20(25-17-16-22-14-8-3-9-15-22)21(24,18-10-4-1-5-11-18)19-12-6-2-7-13-19;1-2-18-8-10(13(21)22)11(20)9-7-16-14(17-12(9)18)19-5-3-15-4-6-19;1-2-3/h1-2,4-7,10-13,24H,3,8-9,14-17H2;7-8,15H,2-6H2,1H3,(H,21,22);2H2,1H3. The highest BCUT2D eigenvalue weighted by Gasteiger charge is 2.41. The van der Waals surface area contributed by atoms with E-state index >= 15 is 0 Å². The number of piperazine rings is 1. The third-order valence-corrected chi connectivity index (χ3v) is 8.54. The number of nitrogens with one attached hydrogen (secondary N) is 1. The molecule has 6 rings (SSSR count). The molecule has 13 heteroatoms. The number of alkyl halides is 1. The van der Waals surface area contributed by atoms with Crippen LogP contribution in [-0.4, -0.2) is 99.3 Å². The minimum absolute atomic E-state index is 0.237. The number of aliphatic hydroxyl groups is 1. The summed E-state index contributed by atoms with van der Waals surface area (Å²) < 4.78 is 7.16. The van der Waals surface area contributed by atoms with E-state index < -0.39 is 23.0 Å². The minimum Gasteiger partial charge on any atom is -0.477 e. The lowest BCUT2D eigenvalue weighted by molar-refractivity contribution is -0.162. The van der Waals surface area contributed by atoms with Gasteiger partial charge in [0.25, 0.3) is 0 Å². The van der Waals surface area contributed by atoms with Crippen molar-refractivity contribution >= 4 is 44.9 Å². The zero-order valence-corrected chi connectivity index (χ0v) is 30.3. The fourth-order valence-corrected chi connectivity index (χ4v) is 5.89. The molecule has 2 fully saturated rings. The molecule has 0 saturated carbocycles. The number of hydrogen-bond acceptors (Lipinski definition) is 10. The van der Waals surface area contributed by atoms with Crippen LogP contribution in [0.1, 0.15) is 54.6 Å². The van der Waals surface area contributed by atoms with E-state index in [0.717, 1.165) is 44.6 Å². The number of aromatic carboxylic acids is 1. The molecule has 0 atom stereocenters. The SMILES string of the molecule is CCBr.CCn1cc(C(=O)O)c(=O)c2cnc(N3CCNCC3)nc21.O=C(OCCN1CCCCC1)C(O)(c1ccccc1)c1ccccc1. The number of carbonyl (C=O) groups is 2. The van der Waals surface area contributed by atoms with E-state index in [1.165, 1.54) is 31.7 Å². The number of rotatable bonds is 9. The van der Waals surface area contributed by atoms with Crippen molar-refractivity contribution in [3.05, 3.63) is 100.0 Å². The van der Waals surface area contributed by atoms with Crippen LogP contribution < -0.4 is 15.6 Å². The molecule has 50 heavy (non-hydrogen) atoms. The van der Waals surface area contributed by atoms with E-state index in [4.69, 9.17) is 9.84 Å². The molecule has 0 unspecified atom stereocenters. The fraction of sp³-hybridized carbons (Fsp3) is 0.432. The fourth-order valence-electron chi connectivity index (χ4n) is 5.89. The Kier molecular flexibility index (Phi) is 14.9. The summed E-state index contributed by atoms with van der Waals surface area (Å²) in [6, 6.07) is 18.0. The van der Waals surface area contributed by atoms with Crippen LogP contribution >= 0.6 is 15.9 Å². The second kappa shape index (κ2) is 19.3. The van der Waals surface area contributed by atoms with Gasteiger partial charge in [0, 0.05) is 57.0 Å². The van der Waals surface area contributed by atoms with Gasteiger partial charge in [0.15, 0.2) is 0 Å².